The van der Waals surface area contributed by atoms with E-state index in [1.807, 2.05) is 10.8 Å². The van der Waals surface area contributed by atoms with Crippen molar-refractivity contribution >= 4 is 5.97 Å². The van der Waals surface area contributed by atoms with Crippen molar-refractivity contribution in [3.8, 4) is 0 Å². The Labute approximate surface area is 88.1 Å². The molecule has 0 aromatic carbocycles. The monoisotopic (exact) mass is 209 g/mol. The molecular weight excluding hydrogens is 194 g/mol. The molecule has 0 spiro atoms. The van der Waals surface area contributed by atoms with Crippen molar-refractivity contribution in [2.45, 2.75) is 31.7 Å². The fraction of sp³-hybridized carbons (Fsp3) is 0.545. The highest BCUT2D eigenvalue weighted by Crippen LogP contribution is 2.42. The number of nitrogens with zero attached hydrogens (tertiary/aromatic N) is 1. The molecule has 0 bridgehead atoms. The molecule has 0 aliphatic heterocycles. The fourth-order valence-electron chi connectivity index (χ4n) is 1.91. The second kappa shape index (κ2) is 4.06. The molecule has 0 atom stereocenters. The van der Waals surface area contributed by atoms with Gasteiger partial charge in [0, 0.05) is 31.0 Å². The Balaban J connectivity index is 2.25. The van der Waals surface area contributed by atoms with E-state index in [0.29, 0.717) is 24.4 Å². The molecule has 82 valence electrons. The van der Waals surface area contributed by atoms with Crippen molar-refractivity contribution in [1.82, 2.24) is 4.57 Å². The van der Waals surface area contributed by atoms with Gasteiger partial charge in [0.2, 0.25) is 0 Å². The van der Waals surface area contributed by atoms with Gasteiger partial charge in [-0.1, -0.05) is 0 Å². The van der Waals surface area contributed by atoms with Gasteiger partial charge in [-0.3, -0.25) is 0 Å². The van der Waals surface area contributed by atoms with E-state index in [1.54, 1.807) is 6.07 Å². The predicted octanol–water partition coefficient (Wildman–Crippen LogP) is 1.45. The van der Waals surface area contributed by atoms with Gasteiger partial charge in [-0.15, -0.1) is 0 Å². The van der Waals surface area contributed by atoms with Crippen molar-refractivity contribution in [1.29, 1.82) is 0 Å². The van der Waals surface area contributed by atoms with Gasteiger partial charge >= 0.3 is 5.97 Å². The van der Waals surface area contributed by atoms with E-state index in [-0.39, 0.29) is 6.61 Å². The highest BCUT2D eigenvalue weighted by molar-refractivity contribution is 5.89. The molecule has 1 aromatic rings. The van der Waals surface area contributed by atoms with Crippen molar-refractivity contribution in [3.05, 3.63) is 23.5 Å². The van der Waals surface area contributed by atoms with E-state index >= 15 is 0 Å². The van der Waals surface area contributed by atoms with Crippen LogP contribution in [0.3, 0.4) is 0 Å². The number of aliphatic hydroxyl groups excluding tert-OH is 1. The van der Waals surface area contributed by atoms with Crippen LogP contribution in [0.15, 0.2) is 12.3 Å². The molecular formula is C11H15NO3. The Morgan fingerprint density at radius 1 is 1.53 bits per heavy atom. The fourth-order valence-corrected chi connectivity index (χ4v) is 1.91. The summed E-state index contributed by atoms with van der Waals surface area (Å²) in [7, 11) is 0. The van der Waals surface area contributed by atoms with E-state index in [9.17, 15) is 4.79 Å². The maximum Gasteiger partial charge on any atom is 0.337 e. The minimum atomic E-state index is -0.848. The summed E-state index contributed by atoms with van der Waals surface area (Å²) in [5.41, 5.74) is 1.37. The number of carboxylic acid groups (broad SMARTS) is 1. The summed E-state index contributed by atoms with van der Waals surface area (Å²) in [6.07, 6.45) is 4.66. The molecule has 0 unspecified atom stereocenters. The lowest BCUT2D eigenvalue weighted by Gasteiger charge is -2.08. The van der Waals surface area contributed by atoms with Crippen LogP contribution in [0.4, 0.5) is 0 Å². The molecule has 2 N–H and O–H groups in total. The average molecular weight is 209 g/mol. The van der Waals surface area contributed by atoms with Crippen molar-refractivity contribution in [2.24, 2.45) is 0 Å². The smallest absolute Gasteiger partial charge is 0.337 e. The zero-order chi connectivity index (χ0) is 10.8. The number of aliphatic hydroxyl groups is 1. The first-order valence-electron chi connectivity index (χ1n) is 5.27. The van der Waals surface area contributed by atoms with E-state index in [0.717, 1.165) is 18.5 Å². The van der Waals surface area contributed by atoms with Crippen molar-refractivity contribution in [2.75, 3.05) is 6.61 Å². The third-order valence-electron chi connectivity index (χ3n) is 2.76. The number of carboxylic acids is 1. The Hall–Kier alpha value is -1.29. The average Bonchev–Trinajstić information content (AvgIpc) is 2.95. The second-order valence-electron chi connectivity index (χ2n) is 3.96. The maximum atomic E-state index is 11.0. The van der Waals surface area contributed by atoms with Gasteiger partial charge in [0.05, 0.1) is 5.56 Å². The standard InChI is InChI=1S/C11H15NO3/c13-7-1-5-12-6-4-9(11(14)15)10(12)8-2-3-8/h4,6,8,13H,1-3,5,7H2,(H,14,15). The second-order valence-corrected chi connectivity index (χ2v) is 3.96. The number of hydrogen-bond donors (Lipinski definition) is 2. The van der Waals surface area contributed by atoms with Gasteiger partial charge in [0.25, 0.3) is 0 Å². The van der Waals surface area contributed by atoms with Crippen LogP contribution >= 0.6 is 0 Å². The number of aromatic nitrogens is 1. The van der Waals surface area contributed by atoms with Crippen molar-refractivity contribution in [3.63, 3.8) is 0 Å². The predicted molar refractivity (Wildman–Crippen MR) is 55.1 cm³/mol. The molecule has 1 aromatic heterocycles. The Bertz CT molecular complexity index is 366. The summed E-state index contributed by atoms with van der Waals surface area (Å²) in [5.74, 6) is -0.426. The number of carbonyl (C=O) groups is 1. The summed E-state index contributed by atoms with van der Waals surface area (Å²) in [6, 6.07) is 1.66. The highest BCUT2D eigenvalue weighted by atomic mass is 16.4. The number of aryl methyl sites for hydroxylation is 1. The van der Waals surface area contributed by atoms with Gasteiger partial charge in [-0.25, -0.2) is 4.79 Å². The van der Waals surface area contributed by atoms with Gasteiger partial charge < -0.3 is 14.8 Å². The quantitative estimate of drug-likeness (QED) is 0.771. The van der Waals surface area contributed by atoms with E-state index in [2.05, 4.69) is 0 Å². The molecule has 0 radical (unpaired) electrons. The Kier molecular flexibility index (Phi) is 2.77. The molecule has 15 heavy (non-hydrogen) atoms. The first-order valence-corrected chi connectivity index (χ1v) is 5.27. The molecule has 1 aliphatic carbocycles. The van der Waals surface area contributed by atoms with Crippen molar-refractivity contribution < 1.29 is 15.0 Å². The van der Waals surface area contributed by atoms with Crippen LogP contribution in [0, 0.1) is 0 Å². The highest BCUT2D eigenvalue weighted by Gasteiger charge is 2.31. The van der Waals surface area contributed by atoms with E-state index in [1.165, 1.54) is 0 Å². The molecule has 0 saturated heterocycles. The van der Waals surface area contributed by atoms with Gasteiger partial charge in [-0.05, 0) is 25.3 Å². The SMILES string of the molecule is O=C(O)c1ccn(CCCO)c1C1CC1. The minimum absolute atomic E-state index is 0.144. The Morgan fingerprint density at radius 2 is 2.27 bits per heavy atom. The summed E-state index contributed by atoms with van der Waals surface area (Å²) in [4.78, 5) is 11.0. The molecule has 1 saturated carbocycles. The zero-order valence-electron chi connectivity index (χ0n) is 8.52. The third-order valence-corrected chi connectivity index (χ3v) is 2.76. The normalized spacial score (nSPS) is 15.5. The minimum Gasteiger partial charge on any atom is -0.478 e. The Morgan fingerprint density at radius 3 is 2.80 bits per heavy atom. The molecule has 1 fully saturated rings. The summed E-state index contributed by atoms with van der Waals surface area (Å²) in [6.45, 7) is 0.848. The lowest BCUT2D eigenvalue weighted by atomic mass is 10.2. The molecule has 1 heterocycles. The molecule has 4 nitrogen and oxygen atoms in total. The molecule has 1 aliphatic rings. The summed E-state index contributed by atoms with van der Waals surface area (Å²) in [5, 5.41) is 17.8. The van der Waals surface area contributed by atoms with Crippen LogP contribution in [0.1, 0.15) is 41.2 Å². The number of hydrogen-bond acceptors (Lipinski definition) is 2. The maximum absolute atomic E-state index is 11.0. The molecule has 4 heteroatoms. The first-order chi connectivity index (χ1) is 7.24. The lowest BCUT2D eigenvalue weighted by Crippen LogP contribution is -2.06. The van der Waals surface area contributed by atoms with Crippen LogP contribution in [0.5, 0.6) is 0 Å². The van der Waals surface area contributed by atoms with Crippen LogP contribution in [0.25, 0.3) is 0 Å². The first kappa shape index (κ1) is 10.2. The topological polar surface area (TPSA) is 62.5 Å². The number of rotatable bonds is 5. The number of aromatic carboxylic acids is 1. The zero-order valence-corrected chi connectivity index (χ0v) is 8.52. The third kappa shape index (κ3) is 2.04. The largest absolute Gasteiger partial charge is 0.478 e. The van der Waals surface area contributed by atoms with Crippen LogP contribution in [-0.4, -0.2) is 27.4 Å². The van der Waals surface area contributed by atoms with Gasteiger partial charge in [0.15, 0.2) is 0 Å². The van der Waals surface area contributed by atoms with E-state index < -0.39 is 5.97 Å². The van der Waals surface area contributed by atoms with Gasteiger partial charge in [-0.2, -0.15) is 0 Å². The lowest BCUT2D eigenvalue weighted by molar-refractivity contribution is 0.0695. The molecule has 2 rings (SSSR count). The summed E-state index contributed by atoms with van der Waals surface area (Å²) < 4.78 is 1.97. The van der Waals surface area contributed by atoms with Crippen LogP contribution in [0.2, 0.25) is 0 Å². The van der Waals surface area contributed by atoms with Crippen LogP contribution in [-0.2, 0) is 6.54 Å². The molecule has 0 amide bonds. The summed E-state index contributed by atoms with van der Waals surface area (Å²) >= 11 is 0. The van der Waals surface area contributed by atoms with Gasteiger partial charge in [0.1, 0.15) is 0 Å². The van der Waals surface area contributed by atoms with E-state index in [4.69, 9.17) is 10.2 Å². The van der Waals surface area contributed by atoms with Crippen LogP contribution < -0.4 is 0 Å².